The molecule has 0 aliphatic rings. The molecule has 0 aromatic heterocycles. The number of nitro groups is 2. The average Bonchev–Trinajstić information content (AvgIpc) is 3.38. The van der Waals surface area contributed by atoms with Gasteiger partial charge in [-0.05, 0) is 146 Å². The predicted octanol–water partition coefficient (Wildman–Crippen LogP) is 10.6. The van der Waals surface area contributed by atoms with E-state index in [1.807, 2.05) is 132 Å². The Morgan fingerprint density at radius 1 is 0.461 bits per heavy atom. The lowest BCUT2D eigenvalue weighted by molar-refractivity contribution is -0.488. The molecule has 0 fully saturated rings. The van der Waals surface area contributed by atoms with E-state index in [1.165, 1.54) is 6.08 Å². The van der Waals surface area contributed by atoms with Crippen LogP contribution in [0.15, 0.2) is 66.9 Å². The van der Waals surface area contributed by atoms with E-state index < -0.39 is 40.1 Å². The smallest absolute Gasteiger partial charge is 0.374 e. The summed E-state index contributed by atoms with van der Waals surface area (Å²) in [4.78, 5) is 23.1. The third-order valence-electron chi connectivity index (χ3n) is 11.0. The zero-order chi connectivity index (χ0) is 56.8. The van der Waals surface area contributed by atoms with Gasteiger partial charge in [-0.3, -0.25) is 25.1 Å². The fourth-order valence-corrected chi connectivity index (χ4v) is 18.8. The molecule has 20 nitrogen and oxygen atoms in total. The quantitative estimate of drug-likeness (QED) is 0.0282. The van der Waals surface area contributed by atoms with Gasteiger partial charge in [-0.25, -0.2) is 0 Å². The second kappa shape index (κ2) is 46.1. The molecule has 2 aromatic carbocycles. The summed E-state index contributed by atoms with van der Waals surface area (Å²) in [7, 11) is -10.7. The third-order valence-corrected chi connectivity index (χ3v) is 23.6. The summed E-state index contributed by atoms with van der Waals surface area (Å²) < 4.78 is 71.5. The van der Waals surface area contributed by atoms with Gasteiger partial charge in [-0.2, -0.15) is 0 Å². The fourth-order valence-electron chi connectivity index (χ4n) is 8.37. The molecule has 2 rings (SSSR count). The van der Waals surface area contributed by atoms with Crippen molar-refractivity contribution in [1.29, 1.82) is 0 Å². The lowest BCUT2D eigenvalue weighted by Gasteiger charge is -2.33. The minimum Gasteiger partial charge on any atom is -0.374 e. The zero-order valence-electron chi connectivity index (χ0n) is 48.6. The zero-order valence-corrected chi connectivity index (χ0v) is 52.6. The molecule has 24 heteroatoms. The van der Waals surface area contributed by atoms with Crippen LogP contribution in [-0.2, 0) is 53.1 Å². The summed E-state index contributed by atoms with van der Waals surface area (Å²) in [6, 6.07) is 21.4. The molecule has 0 saturated carbocycles. The van der Waals surface area contributed by atoms with Gasteiger partial charge in [0.15, 0.2) is 0 Å². The number of hydrogen-bond donors (Lipinski definition) is 1. The van der Waals surface area contributed by atoms with Crippen LogP contribution >= 0.6 is 0 Å². The van der Waals surface area contributed by atoms with Crippen molar-refractivity contribution in [3.05, 3.63) is 98.2 Å². The van der Waals surface area contributed by atoms with Crippen LogP contribution in [0, 0.1) is 20.2 Å². The fraction of sp³-hybridized carbons (Fsp3) is 0.731. The van der Waals surface area contributed by atoms with E-state index in [0.29, 0.717) is 104 Å². The van der Waals surface area contributed by atoms with Crippen LogP contribution in [-0.4, -0.2) is 162 Å². The molecule has 76 heavy (non-hydrogen) atoms. The number of nitrogens with zero attached hydrogens (tertiary/aromatic N) is 3. The Kier molecular flexibility index (Phi) is 44.4. The second-order valence-electron chi connectivity index (χ2n) is 16.6. The van der Waals surface area contributed by atoms with E-state index in [1.54, 1.807) is 12.1 Å². The molecule has 0 aliphatic heterocycles. The van der Waals surface area contributed by atoms with E-state index in [0.717, 1.165) is 68.2 Å². The molecule has 0 bridgehead atoms. The summed E-state index contributed by atoms with van der Waals surface area (Å²) in [5.74, 6) is 0. The highest BCUT2D eigenvalue weighted by molar-refractivity contribution is 6.61. The molecule has 0 heterocycles. The Morgan fingerprint density at radius 3 is 1.03 bits per heavy atom. The minimum absolute atomic E-state index is 0.181. The first kappa shape index (κ1) is 73.3. The molecule has 0 spiro atoms. The van der Waals surface area contributed by atoms with E-state index in [4.69, 9.17) is 53.1 Å². The van der Waals surface area contributed by atoms with Gasteiger partial charge < -0.3 is 58.4 Å². The molecule has 440 valence electrons. The number of hydrogen-bond acceptors (Lipinski definition) is 18. The Bertz CT molecular complexity index is 1590. The molecular formula is C52H100N4O16Si4. The molecule has 1 N–H and O–H groups in total. The molecule has 0 saturated heterocycles. The van der Waals surface area contributed by atoms with Crippen LogP contribution in [0.5, 0.6) is 0 Å². The van der Waals surface area contributed by atoms with Gasteiger partial charge in [0.05, 0.1) is 4.92 Å². The van der Waals surface area contributed by atoms with E-state index in [2.05, 4.69) is 10.2 Å². The Hall–Kier alpha value is -2.71. The molecule has 0 radical (unpaired) electrons. The van der Waals surface area contributed by atoms with E-state index >= 15 is 0 Å². The van der Waals surface area contributed by atoms with Crippen molar-refractivity contribution < 1.29 is 63.0 Å². The summed E-state index contributed by atoms with van der Waals surface area (Å²) in [5, 5.41) is 25.1. The van der Waals surface area contributed by atoms with Crippen LogP contribution in [0.25, 0.3) is 6.08 Å². The first-order chi connectivity index (χ1) is 36.7. The first-order valence-corrected chi connectivity index (χ1v) is 35.6. The number of rotatable bonds is 46. The third kappa shape index (κ3) is 32.4. The van der Waals surface area contributed by atoms with Crippen molar-refractivity contribution in [3.63, 3.8) is 0 Å². The lowest BCUT2D eigenvalue weighted by Crippen LogP contribution is -2.47. The van der Waals surface area contributed by atoms with E-state index in [-0.39, 0.29) is 17.5 Å². The molecule has 1 unspecified atom stereocenters. The van der Waals surface area contributed by atoms with Crippen LogP contribution in [0.2, 0.25) is 24.2 Å². The summed E-state index contributed by atoms with van der Waals surface area (Å²) in [6.07, 6.45) is 5.79. The first-order valence-electron chi connectivity index (χ1n) is 27.9. The van der Waals surface area contributed by atoms with Crippen LogP contribution in [0.4, 0.5) is 0 Å². The highest BCUT2D eigenvalue weighted by Gasteiger charge is 2.43. The lowest BCUT2D eigenvalue weighted by atomic mass is 10.0. The maximum atomic E-state index is 11.7. The van der Waals surface area contributed by atoms with Crippen molar-refractivity contribution in [3.8, 4) is 0 Å². The van der Waals surface area contributed by atoms with Gasteiger partial charge in [0.1, 0.15) is 6.04 Å². The summed E-state index contributed by atoms with van der Waals surface area (Å²) in [5.41, 5.74) is 1.76. The van der Waals surface area contributed by atoms with Gasteiger partial charge >= 0.3 is 35.2 Å². The van der Waals surface area contributed by atoms with Crippen LogP contribution < -0.4 is 5.32 Å². The molecule has 2 aromatic rings. The Morgan fingerprint density at radius 2 is 0.750 bits per heavy atom. The predicted molar refractivity (Wildman–Crippen MR) is 308 cm³/mol. The molecule has 0 aliphatic carbocycles. The largest absolute Gasteiger partial charge is 0.500 e. The summed E-state index contributed by atoms with van der Waals surface area (Å²) in [6.45, 7) is 33.4. The van der Waals surface area contributed by atoms with Crippen molar-refractivity contribution in [2.75, 3.05) is 112 Å². The van der Waals surface area contributed by atoms with Crippen molar-refractivity contribution in [2.24, 2.45) is 0 Å². The minimum atomic E-state index is -2.82. The Balaban J connectivity index is 0.00000127. The Labute approximate surface area is 461 Å². The average molecular weight is 1150 g/mol. The van der Waals surface area contributed by atoms with Crippen molar-refractivity contribution >= 4 is 41.3 Å². The standard InChI is InChI=1S/C26H50N2O8Si2.C18H43NO6Si2.C8H7NO2/c1-7-31-37(32-8-2,33-9-3)22-16-20-27(26(24-28(29)30)25-18-14-13-15-19-25)21-17-23-38(34-10-4,35-11-5)36-12-6;1-7-20-26(21-8-2,22-9-3)17-13-15-19-16-14-18-27(23-10-4,24-11-5)25-12-6;10-9(11)7-6-8-4-2-1-3-5-8/h13-15,18-19,26H,7-12,16-17,20-24H2,1-6H3;19H,7-18H2,1-6H3;1-7H/b;;7-6+. The normalized spacial score (nSPS) is 12.6. The molecular weight excluding hydrogens is 1050 g/mol. The van der Waals surface area contributed by atoms with Gasteiger partial charge in [0.2, 0.25) is 12.7 Å². The number of nitrogens with one attached hydrogen (secondary N) is 1. The van der Waals surface area contributed by atoms with Gasteiger partial charge in [0.25, 0.3) is 0 Å². The topological polar surface area (TPSA) is 212 Å². The van der Waals surface area contributed by atoms with Gasteiger partial charge in [-0.15, -0.1) is 0 Å². The van der Waals surface area contributed by atoms with Crippen LogP contribution in [0.1, 0.15) is 126 Å². The molecule has 1 atom stereocenters. The monoisotopic (exact) mass is 1150 g/mol. The SMILES string of the molecule is CCO[Si](CCCN(CCC[Si](OCC)(OCC)OCC)C(C[N+](=O)[O-])c1ccccc1)(OCC)OCC.CCO[Si](CCCNCCC[Si](OCC)(OCC)OCC)(OCC)OCC.O=[N+]([O-])/C=C/c1ccccc1. The van der Waals surface area contributed by atoms with Gasteiger partial charge in [-0.1, -0.05) is 60.7 Å². The van der Waals surface area contributed by atoms with Crippen LogP contribution in [0.3, 0.4) is 0 Å². The maximum absolute atomic E-state index is 11.7. The molecule has 0 amide bonds. The summed E-state index contributed by atoms with van der Waals surface area (Å²) >= 11 is 0. The van der Waals surface area contributed by atoms with Crippen molar-refractivity contribution in [2.45, 2.75) is 139 Å². The van der Waals surface area contributed by atoms with Gasteiger partial charge in [0, 0.05) is 114 Å². The highest BCUT2D eigenvalue weighted by Crippen LogP contribution is 2.27. The van der Waals surface area contributed by atoms with E-state index in [9.17, 15) is 20.2 Å². The second-order valence-corrected chi connectivity index (χ2v) is 27.5. The maximum Gasteiger partial charge on any atom is 0.500 e. The van der Waals surface area contributed by atoms with Crippen molar-refractivity contribution in [1.82, 2.24) is 10.2 Å². The highest BCUT2D eigenvalue weighted by atomic mass is 28.4. The number of benzene rings is 2.